The zero-order valence-electron chi connectivity index (χ0n) is 17.5. The number of amides is 2. The summed E-state index contributed by atoms with van der Waals surface area (Å²) in [6.07, 6.45) is 4.83. The van der Waals surface area contributed by atoms with Crippen molar-refractivity contribution in [2.45, 2.75) is 50.7 Å². The molecule has 1 aliphatic heterocycles. The van der Waals surface area contributed by atoms with E-state index < -0.39 is 0 Å². The number of hydrogen-bond donors (Lipinski definition) is 3. The first-order valence-corrected chi connectivity index (χ1v) is 11.3. The van der Waals surface area contributed by atoms with E-state index in [1.54, 1.807) is 12.1 Å². The van der Waals surface area contributed by atoms with Gasteiger partial charge in [0.1, 0.15) is 5.82 Å². The molecule has 32 heavy (non-hydrogen) atoms. The molecule has 8 heteroatoms. The van der Waals surface area contributed by atoms with Crippen molar-refractivity contribution in [1.29, 1.82) is 0 Å². The van der Waals surface area contributed by atoms with Crippen molar-refractivity contribution in [2.24, 2.45) is 0 Å². The molecule has 3 aromatic rings. The van der Waals surface area contributed by atoms with E-state index in [-0.39, 0.29) is 30.8 Å². The van der Waals surface area contributed by atoms with Crippen LogP contribution in [-0.2, 0) is 11.3 Å². The molecule has 7 nitrogen and oxygen atoms in total. The van der Waals surface area contributed by atoms with E-state index in [4.69, 9.17) is 16.6 Å². The van der Waals surface area contributed by atoms with Crippen molar-refractivity contribution in [3.05, 3.63) is 64.4 Å². The topological polar surface area (TPSA) is 96.0 Å². The highest BCUT2D eigenvalue weighted by Crippen LogP contribution is 2.29. The lowest BCUT2D eigenvalue weighted by molar-refractivity contribution is -0.121. The molecule has 0 saturated heterocycles. The van der Waals surface area contributed by atoms with E-state index in [2.05, 4.69) is 20.9 Å². The second kappa shape index (κ2) is 8.74. The zero-order chi connectivity index (χ0) is 22.1. The highest BCUT2D eigenvalue weighted by Gasteiger charge is 2.29. The minimum atomic E-state index is -0.321. The number of benzene rings is 2. The molecule has 1 saturated carbocycles. The number of halogens is 1. The predicted octanol–water partition coefficient (Wildman–Crippen LogP) is 4.13. The summed E-state index contributed by atoms with van der Waals surface area (Å²) in [7, 11) is 0. The van der Waals surface area contributed by atoms with Crippen molar-refractivity contribution in [1.82, 2.24) is 20.6 Å². The quantitative estimate of drug-likeness (QED) is 0.526. The van der Waals surface area contributed by atoms with Crippen molar-refractivity contribution in [3.63, 3.8) is 0 Å². The maximum Gasteiger partial charge on any atom is 0.252 e. The first-order valence-electron chi connectivity index (χ1n) is 11.0. The summed E-state index contributed by atoms with van der Waals surface area (Å²) in [5.74, 6) is 0.977. The fourth-order valence-corrected chi connectivity index (χ4v) is 4.69. The van der Waals surface area contributed by atoms with Crippen LogP contribution in [0.1, 0.15) is 59.9 Å². The largest absolute Gasteiger partial charge is 0.367 e. The number of rotatable bonds is 6. The van der Waals surface area contributed by atoms with E-state index >= 15 is 0 Å². The average Bonchev–Trinajstić information content (AvgIpc) is 3.41. The number of aromatic nitrogens is 2. The number of carbonyl (C=O) groups is 2. The molecule has 5 rings (SSSR count). The van der Waals surface area contributed by atoms with Gasteiger partial charge in [0.25, 0.3) is 5.91 Å². The van der Waals surface area contributed by atoms with Crippen molar-refractivity contribution >= 4 is 40.1 Å². The molecule has 1 atom stereocenters. The van der Waals surface area contributed by atoms with Crippen LogP contribution in [0.3, 0.4) is 0 Å². The Morgan fingerprint density at radius 3 is 2.78 bits per heavy atom. The molecule has 3 N–H and O–H groups in total. The molecular weight excluding hydrogens is 426 g/mol. The molecule has 1 aliphatic carbocycles. The second-order valence-electron chi connectivity index (χ2n) is 8.37. The maximum absolute atomic E-state index is 12.6. The normalized spacial score (nSPS) is 17.9. The van der Waals surface area contributed by atoms with Gasteiger partial charge in [-0.05, 0) is 42.7 Å². The van der Waals surface area contributed by atoms with Crippen molar-refractivity contribution in [3.8, 4) is 0 Å². The Labute approximate surface area is 191 Å². The summed E-state index contributed by atoms with van der Waals surface area (Å²) in [5, 5.41) is 10.8. The molecule has 1 unspecified atom stereocenters. The molecule has 2 aliphatic rings. The van der Waals surface area contributed by atoms with Crippen LogP contribution in [0.15, 0.2) is 42.5 Å². The van der Waals surface area contributed by atoms with Gasteiger partial charge in [0.2, 0.25) is 5.91 Å². The number of anilines is 1. The van der Waals surface area contributed by atoms with Gasteiger partial charge >= 0.3 is 0 Å². The Balaban J connectivity index is 1.30. The molecule has 0 spiro atoms. The first kappa shape index (κ1) is 20.7. The summed E-state index contributed by atoms with van der Waals surface area (Å²) in [5.41, 5.74) is 2.27. The fraction of sp³-hybridized carbons (Fsp3) is 0.333. The lowest BCUT2D eigenvalue weighted by Gasteiger charge is -2.16. The predicted molar refractivity (Wildman–Crippen MR) is 124 cm³/mol. The van der Waals surface area contributed by atoms with Crippen LogP contribution in [-0.4, -0.2) is 27.8 Å². The van der Waals surface area contributed by atoms with Gasteiger partial charge in [0, 0.05) is 22.0 Å². The molecule has 1 fully saturated rings. The molecule has 2 heterocycles. The third-order valence-electron chi connectivity index (χ3n) is 6.12. The van der Waals surface area contributed by atoms with E-state index in [0.29, 0.717) is 22.5 Å². The highest BCUT2D eigenvalue weighted by atomic mass is 35.5. The summed E-state index contributed by atoms with van der Waals surface area (Å²) in [4.78, 5) is 34.0. The lowest BCUT2D eigenvalue weighted by atomic mass is 10.0. The van der Waals surface area contributed by atoms with E-state index in [0.717, 1.165) is 35.1 Å². The van der Waals surface area contributed by atoms with Gasteiger partial charge in [-0.25, -0.2) is 9.97 Å². The smallest absolute Gasteiger partial charge is 0.252 e. The van der Waals surface area contributed by atoms with E-state index in [1.807, 2.05) is 30.3 Å². The van der Waals surface area contributed by atoms with Crippen molar-refractivity contribution < 1.29 is 9.59 Å². The third kappa shape index (κ3) is 4.25. The van der Waals surface area contributed by atoms with Gasteiger partial charge in [0.15, 0.2) is 5.82 Å². The minimum Gasteiger partial charge on any atom is -0.367 e. The molecule has 0 radical (unpaired) electrons. The third-order valence-corrected chi connectivity index (χ3v) is 6.35. The van der Waals surface area contributed by atoms with Gasteiger partial charge < -0.3 is 16.0 Å². The standard InChI is InChI=1S/C24H24ClN5O2/c25-14-9-10-19-18(11-14)23(27-15-5-1-2-6-15)30-21(28-19)13-26-22(31)12-20-16-7-3-4-8-17(16)24(32)29-20/h3-4,7-11,15,20H,1-2,5-6,12-13H2,(H,26,31)(H,29,32)(H,27,28,30). The molecule has 0 bridgehead atoms. The number of hydrogen-bond acceptors (Lipinski definition) is 5. The van der Waals surface area contributed by atoms with Crippen LogP contribution >= 0.6 is 11.6 Å². The summed E-state index contributed by atoms with van der Waals surface area (Å²) in [6.45, 7) is 0.207. The number of nitrogens with one attached hydrogen (secondary N) is 3. The van der Waals surface area contributed by atoms with Crippen LogP contribution in [0.4, 0.5) is 5.82 Å². The summed E-state index contributed by atoms with van der Waals surface area (Å²) < 4.78 is 0. The molecule has 1 aromatic heterocycles. The van der Waals surface area contributed by atoms with E-state index in [9.17, 15) is 9.59 Å². The fourth-order valence-electron chi connectivity index (χ4n) is 4.52. The summed E-state index contributed by atoms with van der Waals surface area (Å²) in [6, 6.07) is 13.0. The van der Waals surface area contributed by atoms with Crippen molar-refractivity contribution in [2.75, 3.05) is 5.32 Å². The molecular formula is C24H24ClN5O2. The summed E-state index contributed by atoms with van der Waals surface area (Å²) >= 11 is 6.21. The Kier molecular flexibility index (Phi) is 5.66. The van der Waals surface area contributed by atoms with Crippen LogP contribution in [0.2, 0.25) is 5.02 Å². The second-order valence-corrected chi connectivity index (χ2v) is 8.81. The van der Waals surface area contributed by atoms with Crippen LogP contribution in [0.25, 0.3) is 10.9 Å². The van der Waals surface area contributed by atoms with Gasteiger partial charge in [-0.2, -0.15) is 0 Å². The van der Waals surface area contributed by atoms with Crippen LogP contribution in [0.5, 0.6) is 0 Å². The van der Waals surface area contributed by atoms with Gasteiger partial charge in [0.05, 0.1) is 24.5 Å². The van der Waals surface area contributed by atoms with Gasteiger partial charge in [-0.1, -0.05) is 42.6 Å². The number of carbonyl (C=O) groups excluding carboxylic acids is 2. The first-order chi connectivity index (χ1) is 15.6. The number of fused-ring (bicyclic) bond motifs is 2. The van der Waals surface area contributed by atoms with Gasteiger partial charge in [-0.15, -0.1) is 0 Å². The Morgan fingerprint density at radius 2 is 1.94 bits per heavy atom. The number of nitrogens with zero attached hydrogens (tertiary/aromatic N) is 2. The average molecular weight is 450 g/mol. The molecule has 2 aromatic carbocycles. The monoisotopic (exact) mass is 449 g/mol. The molecule has 2 amide bonds. The Morgan fingerprint density at radius 1 is 1.12 bits per heavy atom. The Bertz CT molecular complexity index is 1190. The Hall–Kier alpha value is -3.19. The van der Waals surface area contributed by atoms with Crippen LogP contribution in [0, 0.1) is 0 Å². The maximum atomic E-state index is 12.6. The minimum absolute atomic E-state index is 0.141. The highest BCUT2D eigenvalue weighted by molar-refractivity contribution is 6.31. The molecule has 164 valence electrons. The van der Waals surface area contributed by atoms with E-state index in [1.165, 1.54) is 12.8 Å². The van der Waals surface area contributed by atoms with Crippen LogP contribution < -0.4 is 16.0 Å². The zero-order valence-corrected chi connectivity index (χ0v) is 18.3. The lowest BCUT2D eigenvalue weighted by Crippen LogP contribution is -2.29. The van der Waals surface area contributed by atoms with Gasteiger partial charge in [-0.3, -0.25) is 9.59 Å². The SMILES string of the molecule is O=C(CC1NC(=O)c2ccccc21)NCc1nc(NC2CCCC2)c2cc(Cl)ccc2n1.